The molecular formula is C24H19FN4S. The van der Waals surface area contributed by atoms with Crippen molar-refractivity contribution in [2.24, 2.45) is 0 Å². The Hall–Kier alpha value is -3.51. The number of pyridine rings is 1. The predicted molar refractivity (Wildman–Crippen MR) is 120 cm³/mol. The Bertz CT molecular complexity index is 1160. The van der Waals surface area contributed by atoms with Crippen LogP contribution in [0.2, 0.25) is 0 Å². The average molecular weight is 415 g/mol. The van der Waals surface area contributed by atoms with Gasteiger partial charge in [0.1, 0.15) is 11.9 Å². The van der Waals surface area contributed by atoms with Gasteiger partial charge in [0.15, 0.2) is 5.11 Å². The maximum Gasteiger partial charge on any atom is 0.174 e. The van der Waals surface area contributed by atoms with Crippen LogP contribution in [0.25, 0.3) is 5.69 Å². The first-order valence-electron chi connectivity index (χ1n) is 9.71. The molecule has 0 spiro atoms. The number of rotatable bonds is 4. The zero-order chi connectivity index (χ0) is 20.5. The van der Waals surface area contributed by atoms with Gasteiger partial charge in [-0.1, -0.05) is 24.3 Å². The Morgan fingerprint density at radius 3 is 2.33 bits per heavy atom. The molecule has 2 atom stereocenters. The Morgan fingerprint density at radius 2 is 1.60 bits per heavy atom. The van der Waals surface area contributed by atoms with Gasteiger partial charge in [0, 0.05) is 29.5 Å². The summed E-state index contributed by atoms with van der Waals surface area (Å²) in [6.45, 7) is 0. The third-order valence-corrected chi connectivity index (χ3v) is 5.64. The molecule has 148 valence electrons. The number of hydrogen-bond acceptors (Lipinski definition) is 2. The Kier molecular flexibility index (Phi) is 4.77. The lowest BCUT2D eigenvalue weighted by Crippen LogP contribution is -2.30. The van der Waals surface area contributed by atoms with Gasteiger partial charge in [-0.15, -0.1) is 0 Å². The molecule has 1 saturated heterocycles. The van der Waals surface area contributed by atoms with Crippen molar-refractivity contribution >= 4 is 23.0 Å². The maximum absolute atomic E-state index is 13.6. The maximum atomic E-state index is 13.6. The van der Waals surface area contributed by atoms with Crippen molar-refractivity contribution in [3.63, 3.8) is 0 Å². The van der Waals surface area contributed by atoms with Crippen LogP contribution in [0.4, 0.5) is 10.1 Å². The second-order valence-electron chi connectivity index (χ2n) is 7.11. The third-order valence-electron chi connectivity index (χ3n) is 5.32. The second-order valence-corrected chi connectivity index (χ2v) is 7.50. The van der Waals surface area contributed by atoms with Gasteiger partial charge in [0.05, 0.1) is 11.7 Å². The summed E-state index contributed by atoms with van der Waals surface area (Å²) >= 11 is 5.73. The van der Waals surface area contributed by atoms with Gasteiger partial charge in [0.2, 0.25) is 0 Å². The number of nitrogens with zero attached hydrogens (tertiary/aromatic N) is 3. The summed E-state index contributed by atoms with van der Waals surface area (Å²) in [5.41, 5.74) is 3.86. The number of para-hydroxylation sites is 1. The Morgan fingerprint density at radius 1 is 0.833 bits per heavy atom. The SMILES string of the molecule is Fc1ccc(N2C(=S)N[C@@H](c3ccccn3)[C@@H]2c2cccn2-c2ccccc2)cc1. The van der Waals surface area contributed by atoms with Crippen molar-refractivity contribution in [2.75, 3.05) is 4.90 Å². The molecule has 2 aromatic heterocycles. The van der Waals surface area contributed by atoms with Crippen molar-refractivity contribution in [1.82, 2.24) is 14.9 Å². The van der Waals surface area contributed by atoms with Crippen LogP contribution >= 0.6 is 12.2 Å². The van der Waals surface area contributed by atoms with E-state index in [1.807, 2.05) is 53.6 Å². The summed E-state index contributed by atoms with van der Waals surface area (Å²) in [5.74, 6) is -0.276. The van der Waals surface area contributed by atoms with Crippen LogP contribution in [0.15, 0.2) is 97.3 Å². The van der Waals surface area contributed by atoms with Gasteiger partial charge in [-0.05, 0) is 72.9 Å². The fourth-order valence-corrected chi connectivity index (χ4v) is 4.34. The fraction of sp³-hybridized carbons (Fsp3) is 0.0833. The van der Waals surface area contributed by atoms with Crippen LogP contribution in [-0.2, 0) is 0 Å². The van der Waals surface area contributed by atoms with E-state index in [1.54, 1.807) is 18.3 Å². The molecule has 1 fully saturated rings. The number of hydrogen-bond donors (Lipinski definition) is 1. The fourth-order valence-electron chi connectivity index (χ4n) is 3.99. The Labute approximate surface area is 179 Å². The van der Waals surface area contributed by atoms with Gasteiger partial charge in [-0.3, -0.25) is 4.98 Å². The van der Waals surface area contributed by atoms with Crippen LogP contribution < -0.4 is 10.2 Å². The molecule has 30 heavy (non-hydrogen) atoms. The number of benzene rings is 2. The molecule has 6 heteroatoms. The molecule has 3 heterocycles. The molecule has 0 aliphatic carbocycles. The number of nitrogens with one attached hydrogen (secondary N) is 1. The normalized spacial score (nSPS) is 18.4. The summed E-state index contributed by atoms with van der Waals surface area (Å²) < 4.78 is 15.7. The lowest BCUT2D eigenvalue weighted by Gasteiger charge is -2.29. The minimum atomic E-state index is -0.276. The highest BCUT2D eigenvalue weighted by atomic mass is 32.1. The van der Waals surface area contributed by atoms with E-state index in [-0.39, 0.29) is 17.9 Å². The van der Waals surface area contributed by atoms with Crippen molar-refractivity contribution in [2.45, 2.75) is 12.1 Å². The second kappa shape index (κ2) is 7.72. The first kappa shape index (κ1) is 18.5. The first-order chi connectivity index (χ1) is 14.7. The van der Waals surface area contributed by atoms with E-state index < -0.39 is 0 Å². The lowest BCUT2D eigenvalue weighted by molar-refractivity contribution is 0.549. The molecule has 0 radical (unpaired) electrons. The average Bonchev–Trinajstić information content (AvgIpc) is 3.40. The van der Waals surface area contributed by atoms with Gasteiger partial charge >= 0.3 is 0 Å². The van der Waals surface area contributed by atoms with Crippen LogP contribution in [0.1, 0.15) is 23.5 Å². The van der Waals surface area contributed by atoms with Gasteiger partial charge < -0.3 is 14.8 Å². The molecule has 0 amide bonds. The number of thiocarbonyl (C=S) groups is 1. The lowest BCUT2D eigenvalue weighted by atomic mass is 10.0. The number of halogens is 1. The molecule has 2 aromatic carbocycles. The first-order valence-corrected chi connectivity index (χ1v) is 10.1. The number of anilines is 1. The minimum Gasteiger partial charge on any atom is -0.351 e. The molecule has 4 aromatic rings. The minimum absolute atomic E-state index is 0.152. The summed E-state index contributed by atoms with van der Waals surface area (Å²) in [5, 5.41) is 4.02. The highest BCUT2D eigenvalue weighted by Crippen LogP contribution is 2.42. The quantitative estimate of drug-likeness (QED) is 0.466. The zero-order valence-electron chi connectivity index (χ0n) is 16.0. The molecular weight excluding hydrogens is 395 g/mol. The third kappa shape index (κ3) is 3.25. The van der Waals surface area contributed by atoms with Crippen LogP contribution in [-0.4, -0.2) is 14.7 Å². The van der Waals surface area contributed by atoms with Crippen molar-refractivity contribution < 1.29 is 4.39 Å². The molecule has 1 aliphatic rings. The van der Waals surface area contributed by atoms with Crippen molar-refractivity contribution in [1.29, 1.82) is 0 Å². The van der Waals surface area contributed by atoms with Crippen LogP contribution in [0.3, 0.4) is 0 Å². The summed E-state index contributed by atoms with van der Waals surface area (Å²) in [4.78, 5) is 6.63. The topological polar surface area (TPSA) is 33.1 Å². The van der Waals surface area contributed by atoms with E-state index in [4.69, 9.17) is 12.2 Å². The molecule has 5 rings (SSSR count). The highest BCUT2D eigenvalue weighted by Gasteiger charge is 2.42. The molecule has 0 bridgehead atoms. The summed E-state index contributed by atoms with van der Waals surface area (Å²) in [6.07, 6.45) is 3.83. The molecule has 4 nitrogen and oxygen atoms in total. The zero-order valence-corrected chi connectivity index (χ0v) is 16.8. The molecule has 0 saturated carbocycles. The van der Waals surface area contributed by atoms with Crippen molar-refractivity contribution in [3.8, 4) is 5.69 Å². The van der Waals surface area contributed by atoms with Gasteiger partial charge in [0.25, 0.3) is 0 Å². The van der Waals surface area contributed by atoms with Crippen LogP contribution in [0.5, 0.6) is 0 Å². The summed E-state index contributed by atoms with van der Waals surface area (Å²) in [7, 11) is 0. The largest absolute Gasteiger partial charge is 0.351 e. The standard InChI is InChI=1S/C24H19FN4S/c25-17-11-13-19(14-12-17)29-23(22(27-24(29)30)20-9-4-5-15-26-20)21-10-6-16-28(21)18-7-2-1-3-8-18/h1-16,22-23H,(H,27,30)/t22-,23-/m0/s1. The van der Waals surface area contributed by atoms with E-state index in [0.717, 1.165) is 22.8 Å². The molecule has 0 unspecified atom stereocenters. The van der Waals surface area contributed by atoms with E-state index in [1.165, 1.54) is 12.1 Å². The smallest absolute Gasteiger partial charge is 0.174 e. The highest BCUT2D eigenvalue weighted by molar-refractivity contribution is 7.80. The van der Waals surface area contributed by atoms with Crippen molar-refractivity contribution in [3.05, 3.63) is 115 Å². The Balaban J connectivity index is 1.67. The number of aromatic nitrogens is 2. The van der Waals surface area contributed by atoms with E-state index >= 15 is 0 Å². The van der Waals surface area contributed by atoms with E-state index in [9.17, 15) is 4.39 Å². The monoisotopic (exact) mass is 414 g/mol. The van der Waals surface area contributed by atoms with Crippen LogP contribution in [0, 0.1) is 5.82 Å². The van der Waals surface area contributed by atoms with E-state index in [0.29, 0.717) is 5.11 Å². The molecule has 1 N–H and O–H groups in total. The summed E-state index contributed by atoms with van der Waals surface area (Å²) in [6, 6.07) is 26.3. The van der Waals surface area contributed by atoms with Gasteiger partial charge in [-0.25, -0.2) is 4.39 Å². The predicted octanol–water partition coefficient (Wildman–Crippen LogP) is 5.19. The molecule has 1 aliphatic heterocycles. The van der Waals surface area contributed by atoms with E-state index in [2.05, 4.69) is 33.1 Å². The van der Waals surface area contributed by atoms with Gasteiger partial charge in [-0.2, -0.15) is 0 Å².